The molecule has 0 bridgehead atoms. The van der Waals surface area contributed by atoms with Crippen molar-refractivity contribution in [3.8, 4) is 0 Å². The largest absolute Gasteiger partial charge is 0.383 e. The van der Waals surface area contributed by atoms with E-state index >= 15 is 0 Å². The number of rotatable bonds is 2. The van der Waals surface area contributed by atoms with Gasteiger partial charge in [0.15, 0.2) is 0 Å². The van der Waals surface area contributed by atoms with Crippen molar-refractivity contribution in [1.29, 1.82) is 0 Å². The number of pyridine rings is 1. The predicted molar refractivity (Wildman–Crippen MR) is 64.7 cm³/mol. The molecule has 0 saturated heterocycles. The van der Waals surface area contributed by atoms with Gasteiger partial charge in [0, 0.05) is 11.6 Å². The lowest BCUT2D eigenvalue weighted by Gasteiger charge is -2.07. The van der Waals surface area contributed by atoms with Crippen molar-refractivity contribution in [2.45, 2.75) is 20.3 Å². The summed E-state index contributed by atoms with van der Waals surface area (Å²) in [7, 11) is 0. The molecule has 1 heterocycles. The molecule has 0 amide bonds. The average molecular weight is 200 g/mol. The maximum Gasteiger partial charge on any atom is 0.131 e. The van der Waals surface area contributed by atoms with E-state index in [2.05, 4.69) is 37.0 Å². The SMILES string of the molecule is CC(C)Cc1ccc2c(N)nccc2c1. The number of benzene rings is 1. The van der Waals surface area contributed by atoms with Gasteiger partial charge in [0.05, 0.1) is 0 Å². The van der Waals surface area contributed by atoms with Gasteiger partial charge in [-0.2, -0.15) is 0 Å². The minimum atomic E-state index is 0.614. The van der Waals surface area contributed by atoms with E-state index < -0.39 is 0 Å². The van der Waals surface area contributed by atoms with Crippen LogP contribution in [0.25, 0.3) is 10.8 Å². The van der Waals surface area contributed by atoms with E-state index in [0.29, 0.717) is 11.7 Å². The Morgan fingerprint density at radius 1 is 1.27 bits per heavy atom. The van der Waals surface area contributed by atoms with Crippen molar-refractivity contribution in [3.63, 3.8) is 0 Å². The second-order valence-corrected chi connectivity index (χ2v) is 4.35. The zero-order valence-electron chi connectivity index (χ0n) is 9.20. The number of hydrogen-bond donors (Lipinski definition) is 1. The summed E-state index contributed by atoms with van der Waals surface area (Å²) in [4.78, 5) is 4.08. The summed E-state index contributed by atoms with van der Waals surface area (Å²) in [6, 6.07) is 8.42. The smallest absolute Gasteiger partial charge is 0.131 e. The number of anilines is 1. The van der Waals surface area contributed by atoms with E-state index in [-0.39, 0.29) is 0 Å². The van der Waals surface area contributed by atoms with Crippen molar-refractivity contribution in [2.24, 2.45) is 5.92 Å². The normalized spacial score (nSPS) is 11.1. The molecule has 2 nitrogen and oxygen atoms in total. The van der Waals surface area contributed by atoms with Crippen LogP contribution < -0.4 is 5.73 Å². The lowest BCUT2D eigenvalue weighted by molar-refractivity contribution is 0.648. The first-order chi connectivity index (χ1) is 7.16. The molecule has 1 aromatic carbocycles. The third kappa shape index (κ3) is 2.09. The van der Waals surface area contributed by atoms with Gasteiger partial charge in [-0.1, -0.05) is 32.0 Å². The highest BCUT2D eigenvalue weighted by atomic mass is 14.8. The molecule has 0 saturated carbocycles. The van der Waals surface area contributed by atoms with Crippen LogP contribution in [0.1, 0.15) is 19.4 Å². The van der Waals surface area contributed by atoms with Crippen molar-refractivity contribution < 1.29 is 0 Å². The maximum atomic E-state index is 5.80. The number of fused-ring (bicyclic) bond motifs is 1. The number of nitrogens with zero attached hydrogens (tertiary/aromatic N) is 1. The Balaban J connectivity index is 2.48. The highest BCUT2D eigenvalue weighted by Crippen LogP contribution is 2.21. The molecule has 2 heteroatoms. The van der Waals surface area contributed by atoms with Crippen molar-refractivity contribution >= 4 is 16.6 Å². The molecule has 1 aromatic heterocycles. The topological polar surface area (TPSA) is 38.9 Å². The molecule has 0 aliphatic heterocycles. The summed E-state index contributed by atoms with van der Waals surface area (Å²) < 4.78 is 0. The first-order valence-electron chi connectivity index (χ1n) is 5.30. The highest BCUT2D eigenvalue weighted by Gasteiger charge is 2.01. The van der Waals surface area contributed by atoms with Gasteiger partial charge in [-0.05, 0) is 29.4 Å². The molecule has 0 aliphatic rings. The van der Waals surface area contributed by atoms with E-state index in [4.69, 9.17) is 5.73 Å². The van der Waals surface area contributed by atoms with Crippen LogP contribution in [-0.4, -0.2) is 4.98 Å². The molecule has 15 heavy (non-hydrogen) atoms. The number of nitrogen functional groups attached to an aromatic ring is 1. The second kappa shape index (κ2) is 3.89. The third-order valence-corrected chi connectivity index (χ3v) is 2.50. The number of aromatic nitrogens is 1. The van der Waals surface area contributed by atoms with Crippen LogP contribution in [0.15, 0.2) is 30.5 Å². The first kappa shape index (κ1) is 9.97. The molecule has 2 aromatic rings. The van der Waals surface area contributed by atoms with Gasteiger partial charge in [-0.25, -0.2) is 4.98 Å². The molecular weight excluding hydrogens is 184 g/mol. The van der Waals surface area contributed by atoms with E-state index in [9.17, 15) is 0 Å². The fraction of sp³-hybridized carbons (Fsp3) is 0.308. The molecule has 0 radical (unpaired) electrons. The molecule has 0 spiro atoms. The van der Waals surface area contributed by atoms with Gasteiger partial charge in [-0.3, -0.25) is 0 Å². The van der Waals surface area contributed by atoms with Crippen LogP contribution in [0.4, 0.5) is 5.82 Å². The fourth-order valence-electron chi connectivity index (χ4n) is 1.85. The molecular formula is C13H16N2. The Morgan fingerprint density at radius 3 is 2.80 bits per heavy atom. The summed E-state index contributed by atoms with van der Waals surface area (Å²) in [5.41, 5.74) is 7.16. The maximum absolute atomic E-state index is 5.80. The monoisotopic (exact) mass is 200 g/mol. The minimum absolute atomic E-state index is 0.614. The summed E-state index contributed by atoms with van der Waals surface area (Å²) >= 11 is 0. The average Bonchev–Trinajstić information content (AvgIpc) is 2.17. The van der Waals surface area contributed by atoms with Crippen LogP contribution in [-0.2, 0) is 6.42 Å². The third-order valence-electron chi connectivity index (χ3n) is 2.50. The van der Waals surface area contributed by atoms with Crippen LogP contribution in [0.2, 0.25) is 0 Å². The zero-order chi connectivity index (χ0) is 10.8. The van der Waals surface area contributed by atoms with Gasteiger partial charge in [-0.15, -0.1) is 0 Å². The lowest BCUT2D eigenvalue weighted by atomic mass is 10.0. The molecule has 0 fully saturated rings. The van der Waals surface area contributed by atoms with Crippen LogP contribution in [0.3, 0.4) is 0 Å². The van der Waals surface area contributed by atoms with Crippen LogP contribution in [0.5, 0.6) is 0 Å². The van der Waals surface area contributed by atoms with Gasteiger partial charge < -0.3 is 5.73 Å². The van der Waals surface area contributed by atoms with E-state index in [1.165, 1.54) is 10.9 Å². The minimum Gasteiger partial charge on any atom is -0.383 e. The summed E-state index contributed by atoms with van der Waals surface area (Å²) in [5, 5.41) is 2.23. The standard InChI is InChI=1S/C13H16N2/c1-9(2)7-10-3-4-12-11(8-10)5-6-15-13(12)14/h3-6,8-9H,7H2,1-2H3,(H2,14,15). The second-order valence-electron chi connectivity index (χ2n) is 4.35. The van der Waals surface area contributed by atoms with Crippen molar-refractivity contribution in [2.75, 3.05) is 5.73 Å². The summed E-state index contributed by atoms with van der Waals surface area (Å²) in [6.45, 7) is 4.45. The fourth-order valence-corrected chi connectivity index (χ4v) is 1.85. The Hall–Kier alpha value is -1.57. The van der Waals surface area contributed by atoms with Gasteiger partial charge in [0.25, 0.3) is 0 Å². The molecule has 78 valence electrons. The molecule has 0 aliphatic carbocycles. The number of nitrogens with two attached hydrogens (primary N) is 1. The van der Waals surface area contributed by atoms with Crippen LogP contribution >= 0.6 is 0 Å². The van der Waals surface area contributed by atoms with Gasteiger partial charge in [0.2, 0.25) is 0 Å². The van der Waals surface area contributed by atoms with Crippen molar-refractivity contribution in [3.05, 3.63) is 36.0 Å². The Bertz CT molecular complexity index is 475. The Labute approximate surface area is 90.1 Å². The molecule has 0 atom stereocenters. The summed E-state index contributed by atoms with van der Waals surface area (Å²) in [5.74, 6) is 1.30. The summed E-state index contributed by atoms with van der Waals surface area (Å²) in [6.07, 6.45) is 2.87. The highest BCUT2D eigenvalue weighted by molar-refractivity contribution is 5.91. The first-order valence-corrected chi connectivity index (χ1v) is 5.30. The molecule has 2 N–H and O–H groups in total. The molecule has 0 unspecified atom stereocenters. The molecule has 2 rings (SSSR count). The Morgan fingerprint density at radius 2 is 2.07 bits per heavy atom. The van der Waals surface area contributed by atoms with E-state index in [1.54, 1.807) is 6.20 Å². The quantitative estimate of drug-likeness (QED) is 0.809. The van der Waals surface area contributed by atoms with Gasteiger partial charge in [0.1, 0.15) is 5.82 Å². The van der Waals surface area contributed by atoms with Gasteiger partial charge >= 0.3 is 0 Å². The predicted octanol–water partition coefficient (Wildman–Crippen LogP) is 3.02. The van der Waals surface area contributed by atoms with Crippen molar-refractivity contribution in [1.82, 2.24) is 4.98 Å². The lowest BCUT2D eigenvalue weighted by Crippen LogP contribution is -1.95. The number of hydrogen-bond acceptors (Lipinski definition) is 2. The van der Waals surface area contributed by atoms with E-state index in [0.717, 1.165) is 11.8 Å². The van der Waals surface area contributed by atoms with Crippen LogP contribution in [0, 0.1) is 5.92 Å². The van der Waals surface area contributed by atoms with E-state index in [1.807, 2.05) is 6.07 Å². The zero-order valence-corrected chi connectivity index (χ0v) is 9.20. The Kier molecular flexibility index (Phi) is 2.58.